The Hall–Kier alpha value is -1.66. The minimum atomic E-state index is -0.974. The summed E-state index contributed by atoms with van der Waals surface area (Å²) in [6.07, 6.45) is 3.14. The molecule has 0 saturated carbocycles. The molecule has 2 fully saturated rings. The number of halogens is 1. The minimum absolute atomic E-state index is 0.179. The van der Waals surface area contributed by atoms with E-state index in [0.29, 0.717) is 6.54 Å². The molecular formula is C15H12BrNO4. The molecule has 1 aromatic carbocycles. The van der Waals surface area contributed by atoms with Crippen LogP contribution in [0, 0.1) is 11.8 Å². The highest BCUT2D eigenvalue weighted by Gasteiger charge is 2.67. The first kappa shape index (κ1) is 13.0. The maximum atomic E-state index is 12.8. The van der Waals surface area contributed by atoms with Crippen molar-refractivity contribution in [2.45, 2.75) is 11.7 Å². The van der Waals surface area contributed by atoms with Crippen LogP contribution in [-0.4, -0.2) is 35.2 Å². The fraction of sp³-hybridized carbons (Fsp3) is 0.333. The quantitative estimate of drug-likeness (QED) is 0.827. The molecule has 3 heterocycles. The predicted octanol–water partition coefficient (Wildman–Crippen LogP) is 1.82. The molecule has 3 aliphatic rings. The highest BCUT2D eigenvalue weighted by molar-refractivity contribution is 9.10. The van der Waals surface area contributed by atoms with Gasteiger partial charge in [-0.25, -0.2) is 0 Å². The number of hydrogen-bond donors (Lipinski definition) is 1. The number of anilines is 1. The summed E-state index contributed by atoms with van der Waals surface area (Å²) in [6, 6.07) is 7.42. The van der Waals surface area contributed by atoms with E-state index in [9.17, 15) is 14.7 Å². The monoisotopic (exact) mass is 349 g/mol. The number of benzene rings is 1. The van der Waals surface area contributed by atoms with Gasteiger partial charge in [-0.05, 0) is 28.1 Å². The first-order chi connectivity index (χ1) is 10.0. The average Bonchev–Trinajstić information content (AvgIpc) is 3.08. The Balaban J connectivity index is 1.78. The Bertz CT molecular complexity index is 688. The molecule has 6 heteroatoms. The van der Waals surface area contributed by atoms with E-state index in [-0.39, 0.29) is 5.91 Å². The summed E-state index contributed by atoms with van der Waals surface area (Å²) in [5, 5.41) is 9.41. The van der Waals surface area contributed by atoms with Crippen LogP contribution in [0.1, 0.15) is 0 Å². The van der Waals surface area contributed by atoms with Crippen molar-refractivity contribution in [3.05, 3.63) is 40.9 Å². The van der Waals surface area contributed by atoms with Gasteiger partial charge in [0.2, 0.25) is 5.91 Å². The number of rotatable bonds is 2. The largest absolute Gasteiger partial charge is 0.481 e. The van der Waals surface area contributed by atoms with Gasteiger partial charge in [0.15, 0.2) is 0 Å². The molecular weight excluding hydrogens is 338 g/mol. The number of para-hydroxylation sites is 1. The lowest BCUT2D eigenvalue weighted by atomic mass is 9.77. The number of carbonyl (C=O) groups excluding carboxylic acids is 1. The molecule has 3 aliphatic heterocycles. The highest BCUT2D eigenvalue weighted by Crippen LogP contribution is 2.53. The summed E-state index contributed by atoms with van der Waals surface area (Å²) >= 11 is 3.44. The third-order valence-electron chi connectivity index (χ3n) is 4.53. The van der Waals surface area contributed by atoms with Crippen LogP contribution in [0.15, 0.2) is 40.9 Å². The van der Waals surface area contributed by atoms with Crippen LogP contribution in [0.4, 0.5) is 5.69 Å². The molecule has 4 rings (SSSR count). The van der Waals surface area contributed by atoms with Gasteiger partial charge < -0.3 is 14.7 Å². The summed E-state index contributed by atoms with van der Waals surface area (Å²) in [4.78, 5) is 25.9. The number of hydrogen-bond acceptors (Lipinski definition) is 3. The molecule has 0 aliphatic carbocycles. The molecule has 1 N–H and O–H groups in total. The highest BCUT2D eigenvalue weighted by atomic mass is 79.9. The van der Waals surface area contributed by atoms with Gasteiger partial charge in [-0.3, -0.25) is 9.59 Å². The zero-order valence-corrected chi connectivity index (χ0v) is 12.5. The van der Waals surface area contributed by atoms with Crippen molar-refractivity contribution in [1.82, 2.24) is 0 Å². The van der Waals surface area contributed by atoms with Crippen LogP contribution in [-0.2, 0) is 14.3 Å². The zero-order valence-electron chi connectivity index (χ0n) is 10.9. The average molecular weight is 350 g/mol. The van der Waals surface area contributed by atoms with E-state index >= 15 is 0 Å². The predicted molar refractivity (Wildman–Crippen MR) is 77.9 cm³/mol. The second-order valence-corrected chi connectivity index (χ2v) is 6.47. The maximum Gasteiger partial charge on any atom is 0.310 e. The van der Waals surface area contributed by atoms with E-state index in [1.807, 2.05) is 30.3 Å². The van der Waals surface area contributed by atoms with E-state index in [4.69, 9.17) is 4.74 Å². The number of fused-ring (bicyclic) bond motifs is 1. The van der Waals surface area contributed by atoms with Gasteiger partial charge in [0, 0.05) is 4.47 Å². The first-order valence-electron chi connectivity index (χ1n) is 6.69. The summed E-state index contributed by atoms with van der Waals surface area (Å²) in [5.74, 6) is -2.59. The number of carboxylic acids is 1. The first-order valence-corrected chi connectivity index (χ1v) is 7.49. The van der Waals surface area contributed by atoms with E-state index in [2.05, 4.69) is 15.9 Å². The lowest BCUT2D eigenvalue weighted by molar-refractivity contribution is -0.146. The molecule has 2 bridgehead atoms. The SMILES string of the molecule is O=C(O)[C@@H]1[C@@H]2C=C[C@]3(CN(c4ccccc4Br)C(=O)[C@@H]13)O2. The van der Waals surface area contributed by atoms with Gasteiger partial charge >= 0.3 is 5.97 Å². The van der Waals surface area contributed by atoms with Gasteiger partial charge in [-0.15, -0.1) is 0 Å². The summed E-state index contributed by atoms with van der Waals surface area (Å²) in [5.41, 5.74) is -0.0454. The minimum Gasteiger partial charge on any atom is -0.481 e. The van der Waals surface area contributed by atoms with Crippen LogP contribution in [0.5, 0.6) is 0 Å². The third-order valence-corrected chi connectivity index (χ3v) is 5.20. The molecule has 0 aromatic heterocycles. The second kappa shape index (κ2) is 4.18. The number of carboxylic acid groups (broad SMARTS) is 1. The van der Waals surface area contributed by atoms with Gasteiger partial charge in [-0.1, -0.05) is 24.3 Å². The molecule has 4 atom stereocenters. The third kappa shape index (κ3) is 1.60. The Labute approximate surface area is 129 Å². The zero-order chi connectivity index (χ0) is 14.8. The van der Waals surface area contributed by atoms with Crippen LogP contribution in [0.3, 0.4) is 0 Å². The van der Waals surface area contributed by atoms with Crippen LogP contribution >= 0.6 is 15.9 Å². The van der Waals surface area contributed by atoms with Crippen molar-refractivity contribution >= 4 is 33.5 Å². The Morgan fingerprint density at radius 3 is 2.90 bits per heavy atom. The summed E-state index contributed by atoms with van der Waals surface area (Å²) < 4.78 is 6.66. The molecule has 2 saturated heterocycles. The van der Waals surface area contributed by atoms with Gasteiger partial charge in [0.05, 0.1) is 24.3 Å². The van der Waals surface area contributed by atoms with Crippen molar-refractivity contribution in [3.63, 3.8) is 0 Å². The molecule has 21 heavy (non-hydrogen) atoms. The summed E-state index contributed by atoms with van der Waals surface area (Å²) in [6.45, 7) is 0.357. The van der Waals surface area contributed by atoms with Crippen molar-refractivity contribution in [2.24, 2.45) is 11.8 Å². The number of carbonyl (C=O) groups is 2. The van der Waals surface area contributed by atoms with Crippen molar-refractivity contribution < 1.29 is 19.4 Å². The van der Waals surface area contributed by atoms with E-state index in [1.165, 1.54) is 0 Å². The molecule has 1 amide bonds. The number of amides is 1. The van der Waals surface area contributed by atoms with Crippen molar-refractivity contribution in [3.8, 4) is 0 Å². The van der Waals surface area contributed by atoms with Gasteiger partial charge in [0.1, 0.15) is 11.5 Å². The molecule has 1 spiro atoms. The van der Waals surface area contributed by atoms with Crippen LogP contribution in [0.25, 0.3) is 0 Å². The molecule has 1 aromatic rings. The van der Waals surface area contributed by atoms with Crippen molar-refractivity contribution in [1.29, 1.82) is 0 Å². The lowest BCUT2D eigenvalue weighted by Gasteiger charge is -2.22. The van der Waals surface area contributed by atoms with Crippen LogP contribution < -0.4 is 4.90 Å². The Morgan fingerprint density at radius 2 is 2.19 bits per heavy atom. The second-order valence-electron chi connectivity index (χ2n) is 5.61. The van der Waals surface area contributed by atoms with Gasteiger partial charge in [0.25, 0.3) is 0 Å². The van der Waals surface area contributed by atoms with Crippen LogP contribution in [0.2, 0.25) is 0 Å². The normalized spacial score (nSPS) is 36.3. The van der Waals surface area contributed by atoms with E-state index in [0.717, 1.165) is 10.2 Å². The number of ether oxygens (including phenoxy) is 1. The molecule has 108 valence electrons. The molecule has 0 radical (unpaired) electrons. The lowest BCUT2D eigenvalue weighted by Crippen LogP contribution is -2.39. The van der Waals surface area contributed by atoms with Gasteiger partial charge in [-0.2, -0.15) is 0 Å². The topological polar surface area (TPSA) is 66.8 Å². The standard InChI is InChI=1S/C15H12BrNO4/c16-8-3-1-2-4-9(8)17-7-15-6-5-10(21-15)11(14(19)20)12(15)13(17)18/h1-6,10-12H,7H2,(H,19,20)/t10-,11+,12+,15+/m0/s1. The Morgan fingerprint density at radius 1 is 1.43 bits per heavy atom. The number of aliphatic carboxylic acids is 1. The fourth-order valence-corrected chi connectivity index (χ4v) is 4.15. The molecule has 0 unspecified atom stereocenters. The Kier molecular flexibility index (Phi) is 2.59. The van der Waals surface area contributed by atoms with E-state index in [1.54, 1.807) is 11.0 Å². The smallest absolute Gasteiger partial charge is 0.310 e. The molecule has 5 nitrogen and oxygen atoms in total. The van der Waals surface area contributed by atoms with E-state index < -0.39 is 29.5 Å². The van der Waals surface area contributed by atoms with Crippen molar-refractivity contribution in [2.75, 3.05) is 11.4 Å². The maximum absolute atomic E-state index is 12.8. The fourth-order valence-electron chi connectivity index (χ4n) is 3.65. The summed E-state index contributed by atoms with van der Waals surface area (Å²) in [7, 11) is 0. The number of nitrogens with zero attached hydrogens (tertiary/aromatic N) is 1.